The summed E-state index contributed by atoms with van der Waals surface area (Å²) in [5.74, 6) is 1.77. The minimum Gasteiger partial charge on any atom is -0.360 e. The fraction of sp³-hybridized carbons (Fsp3) is 0.667. The second kappa shape index (κ2) is 6.27. The molecule has 2 amide bonds. The van der Waals surface area contributed by atoms with Crippen LogP contribution in [0.15, 0.2) is 10.6 Å². The summed E-state index contributed by atoms with van der Waals surface area (Å²) in [6.07, 6.45) is 2.08. The first-order valence-corrected chi connectivity index (χ1v) is 5.98. The molecular weight excluding hydrogens is 218 g/mol. The molecule has 1 atom stereocenters. The zero-order valence-electron chi connectivity index (χ0n) is 10.9. The summed E-state index contributed by atoms with van der Waals surface area (Å²) in [6, 6.07) is 1.60. The van der Waals surface area contributed by atoms with E-state index in [1.54, 1.807) is 13.0 Å². The van der Waals surface area contributed by atoms with Crippen molar-refractivity contribution in [2.24, 2.45) is 5.92 Å². The van der Waals surface area contributed by atoms with Crippen LogP contribution in [0.25, 0.3) is 0 Å². The van der Waals surface area contributed by atoms with Crippen LogP contribution in [0.1, 0.15) is 39.4 Å². The van der Waals surface area contributed by atoms with Crippen molar-refractivity contribution in [3.05, 3.63) is 11.8 Å². The van der Waals surface area contributed by atoms with Gasteiger partial charge in [0.2, 0.25) is 0 Å². The summed E-state index contributed by atoms with van der Waals surface area (Å²) in [6.45, 7) is 8.12. The number of hydrogen-bond acceptors (Lipinski definition) is 3. The van der Waals surface area contributed by atoms with Gasteiger partial charge in [0.15, 0.2) is 5.82 Å². The van der Waals surface area contributed by atoms with E-state index < -0.39 is 0 Å². The quantitative estimate of drug-likeness (QED) is 0.830. The third kappa shape index (κ3) is 5.38. The molecule has 1 rings (SSSR count). The molecule has 0 aliphatic heterocycles. The second-order valence-electron chi connectivity index (χ2n) is 4.79. The number of carbonyl (C=O) groups is 1. The van der Waals surface area contributed by atoms with E-state index in [0.717, 1.165) is 12.8 Å². The van der Waals surface area contributed by atoms with Crippen molar-refractivity contribution in [3.8, 4) is 0 Å². The van der Waals surface area contributed by atoms with Gasteiger partial charge in [-0.2, -0.15) is 0 Å². The van der Waals surface area contributed by atoms with Crippen LogP contribution in [0.5, 0.6) is 0 Å². The van der Waals surface area contributed by atoms with E-state index in [-0.39, 0.29) is 12.1 Å². The predicted molar refractivity (Wildman–Crippen MR) is 66.9 cm³/mol. The molecule has 96 valence electrons. The zero-order chi connectivity index (χ0) is 12.8. The molecule has 1 aromatic rings. The van der Waals surface area contributed by atoms with Gasteiger partial charge in [-0.15, -0.1) is 0 Å². The molecule has 0 saturated carbocycles. The maximum Gasteiger partial charge on any atom is 0.320 e. The third-order valence-corrected chi connectivity index (χ3v) is 2.42. The molecule has 0 fully saturated rings. The van der Waals surface area contributed by atoms with Crippen molar-refractivity contribution in [1.82, 2.24) is 10.5 Å². The van der Waals surface area contributed by atoms with E-state index in [9.17, 15) is 4.79 Å². The Hall–Kier alpha value is -1.52. The highest BCUT2D eigenvalue weighted by atomic mass is 16.5. The number of carbonyl (C=O) groups excluding carboxylic acids is 1. The van der Waals surface area contributed by atoms with Crippen LogP contribution in [0.4, 0.5) is 10.6 Å². The Morgan fingerprint density at radius 3 is 2.65 bits per heavy atom. The first kappa shape index (κ1) is 13.5. The first-order chi connectivity index (χ1) is 7.97. The molecule has 1 aromatic heterocycles. The van der Waals surface area contributed by atoms with Crippen LogP contribution in [0.2, 0.25) is 0 Å². The molecule has 0 aliphatic carbocycles. The Bertz CT molecular complexity index is 360. The Balaban J connectivity index is 2.29. The largest absolute Gasteiger partial charge is 0.360 e. The molecule has 0 spiro atoms. The molecule has 1 heterocycles. The van der Waals surface area contributed by atoms with Crippen molar-refractivity contribution in [2.45, 2.75) is 46.6 Å². The van der Waals surface area contributed by atoms with Gasteiger partial charge in [-0.25, -0.2) is 4.79 Å². The molecule has 17 heavy (non-hydrogen) atoms. The number of nitrogens with zero attached hydrogens (tertiary/aromatic N) is 1. The Morgan fingerprint density at radius 1 is 1.41 bits per heavy atom. The number of rotatable bonds is 5. The third-order valence-electron chi connectivity index (χ3n) is 2.42. The number of aromatic nitrogens is 1. The number of urea groups is 1. The summed E-state index contributed by atoms with van der Waals surface area (Å²) >= 11 is 0. The minimum atomic E-state index is -0.241. The predicted octanol–water partition coefficient (Wildman–Crippen LogP) is 2.93. The SMILES string of the molecule is Cc1cc(NC(=O)NC(C)CCC(C)C)no1. The van der Waals surface area contributed by atoms with Crippen molar-refractivity contribution in [2.75, 3.05) is 5.32 Å². The van der Waals surface area contributed by atoms with Crippen LogP contribution in [-0.2, 0) is 0 Å². The van der Waals surface area contributed by atoms with Crippen molar-refractivity contribution in [3.63, 3.8) is 0 Å². The maximum atomic E-state index is 11.6. The topological polar surface area (TPSA) is 67.2 Å². The average Bonchev–Trinajstić information content (AvgIpc) is 2.60. The fourth-order valence-corrected chi connectivity index (χ4v) is 1.46. The molecule has 0 aromatic carbocycles. The van der Waals surface area contributed by atoms with Crippen molar-refractivity contribution < 1.29 is 9.32 Å². The monoisotopic (exact) mass is 239 g/mol. The van der Waals surface area contributed by atoms with E-state index in [1.165, 1.54) is 0 Å². The molecule has 2 N–H and O–H groups in total. The van der Waals surface area contributed by atoms with E-state index in [4.69, 9.17) is 4.52 Å². The van der Waals surface area contributed by atoms with Crippen LogP contribution in [-0.4, -0.2) is 17.2 Å². The highest BCUT2D eigenvalue weighted by Gasteiger charge is 2.09. The van der Waals surface area contributed by atoms with E-state index >= 15 is 0 Å². The number of anilines is 1. The summed E-state index contributed by atoms with van der Waals surface area (Å²) in [4.78, 5) is 11.6. The summed E-state index contributed by atoms with van der Waals surface area (Å²) in [5.41, 5.74) is 0. The summed E-state index contributed by atoms with van der Waals surface area (Å²) < 4.78 is 4.86. The van der Waals surface area contributed by atoms with Gasteiger partial charge in [0.05, 0.1) is 0 Å². The lowest BCUT2D eigenvalue weighted by molar-refractivity contribution is 0.247. The molecule has 5 heteroatoms. The Morgan fingerprint density at radius 2 is 2.12 bits per heavy atom. The Kier molecular flexibility index (Phi) is 5.00. The fourth-order valence-electron chi connectivity index (χ4n) is 1.46. The first-order valence-electron chi connectivity index (χ1n) is 5.98. The van der Waals surface area contributed by atoms with Gasteiger partial charge in [0, 0.05) is 12.1 Å². The molecule has 1 unspecified atom stereocenters. The number of nitrogens with one attached hydrogen (secondary N) is 2. The smallest absolute Gasteiger partial charge is 0.320 e. The highest BCUT2D eigenvalue weighted by molar-refractivity contribution is 5.88. The van der Waals surface area contributed by atoms with Crippen molar-refractivity contribution in [1.29, 1.82) is 0 Å². The summed E-state index contributed by atoms with van der Waals surface area (Å²) in [7, 11) is 0. The molecule has 5 nitrogen and oxygen atoms in total. The molecule has 0 aliphatic rings. The van der Waals surface area contributed by atoms with Crippen LogP contribution in [0, 0.1) is 12.8 Å². The number of amides is 2. The van der Waals surface area contributed by atoms with E-state index in [0.29, 0.717) is 17.5 Å². The van der Waals surface area contributed by atoms with Gasteiger partial charge in [-0.05, 0) is 32.6 Å². The van der Waals surface area contributed by atoms with Crippen LogP contribution >= 0.6 is 0 Å². The maximum absolute atomic E-state index is 11.6. The van der Waals surface area contributed by atoms with Gasteiger partial charge in [-0.3, -0.25) is 5.32 Å². The lowest BCUT2D eigenvalue weighted by atomic mass is 10.0. The summed E-state index contributed by atoms with van der Waals surface area (Å²) in [5, 5.41) is 9.18. The minimum absolute atomic E-state index is 0.158. The van der Waals surface area contributed by atoms with Crippen LogP contribution in [0.3, 0.4) is 0 Å². The average molecular weight is 239 g/mol. The van der Waals surface area contributed by atoms with Crippen molar-refractivity contribution >= 4 is 11.8 Å². The number of aryl methyl sites for hydroxylation is 1. The second-order valence-corrected chi connectivity index (χ2v) is 4.79. The van der Waals surface area contributed by atoms with Gasteiger partial charge >= 0.3 is 6.03 Å². The standard InChI is InChI=1S/C12H21N3O2/c1-8(2)5-6-9(3)13-12(16)14-11-7-10(4)17-15-11/h7-9H,5-6H2,1-4H3,(H2,13,14,15,16). The van der Waals surface area contributed by atoms with E-state index in [2.05, 4.69) is 29.6 Å². The zero-order valence-corrected chi connectivity index (χ0v) is 10.9. The van der Waals surface area contributed by atoms with Crippen LogP contribution < -0.4 is 10.6 Å². The highest BCUT2D eigenvalue weighted by Crippen LogP contribution is 2.08. The van der Waals surface area contributed by atoms with E-state index in [1.807, 2.05) is 6.92 Å². The lowest BCUT2D eigenvalue weighted by Gasteiger charge is -2.14. The number of hydrogen-bond donors (Lipinski definition) is 2. The van der Waals surface area contributed by atoms with Gasteiger partial charge in [-0.1, -0.05) is 19.0 Å². The van der Waals surface area contributed by atoms with Gasteiger partial charge in [0.1, 0.15) is 5.76 Å². The van der Waals surface area contributed by atoms with Gasteiger partial charge in [0.25, 0.3) is 0 Å². The lowest BCUT2D eigenvalue weighted by Crippen LogP contribution is -2.36. The normalized spacial score (nSPS) is 12.5. The molecular formula is C12H21N3O2. The molecule has 0 saturated heterocycles. The molecule has 0 radical (unpaired) electrons. The van der Waals surface area contributed by atoms with Gasteiger partial charge < -0.3 is 9.84 Å². The Labute approximate surface area is 102 Å². The molecule has 0 bridgehead atoms.